The maximum absolute atomic E-state index is 14.2. The van der Waals surface area contributed by atoms with E-state index in [1.54, 1.807) is 4.90 Å². The van der Waals surface area contributed by atoms with Crippen molar-refractivity contribution in [1.82, 2.24) is 0 Å². The minimum absolute atomic E-state index is 0.0787. The molecule has 0 N–H and O–H groups in total. The minimum Gasteiger partial charge on any atom is -0.348 e. The molecule has 27 heavy (non-hydrogen) atoms. The van der Waals surface area contributed by atoms with Gasteiger partial charge in [-0.15, -0.1) is 11.8 Å². The minimum atomic E-state index is -4.55. The van der Waals surface area contributed by atoms with E-state index >= 15 is 0 Å². The van der Waals surface area contributed by atoms with Crippen LogP contribution in [-0.4, -0.2) is 23.6 Å². The van der Waals surface area contributed by atoms with E-state index in [9.17, 15) is 22.4 Å². The highest BCUT2D eigenvalue weighted by Gasteiger charge is 2.43. The first-order chi connectivity index (χ1) is 12.8. The average molecular weight is 417 g/mol. The Kier molecular flexibility index (Phi) is 4.50. The van der Waals surface area contributed by atoms with Gasteiger partial charge in [0.05, 0.1) is 29.4 Å². The molecule has 2 aliphatic heterocycles. The topological polar surface area (TPSA) is 23.6 Å². The third-order valence-electron chi connectivity index (χ3n) is 4.71. The van der Waals surface area contributed by atoms with Crippen LogP contribution < -0.4 is 9.80 Å². The number of fused-ring (bicyclic) bond motifs is 3. The Morgan fingerprint density at radius 3 is 2.67 bits per heavy atom. The van der Waals surface area contributed by atoms with Crippen LogP contribution in [-0.2, 0) is 17.5 Å². The predicted molar refractivity (Wildman–Crippen MR) is 97.6 cm³/mol. The number of anilines is 2. The molecular weight excluding hydrogens is 404 g/mol. The molecule has 1 atom stereocenters. The molecule has 0 radical (unpaired) electrons. The van der Waals surface area contributed by atoms with Crippen LogP contribution in [0, 0.1) is 5.82 Å². The van der Waals surface area contributed by atoms with Crippen LogP contribution in [0.5, 0.6) is 0 Å². The number of rotatable bonds is 2. The Hall–Kier alpha value is -1.93. The van der Waals surface area contributed by atoms with Crippen molar-refractivity contribution in [3.8, 4) is 0 Å². The quantitative estimate of drug-likeness (QED) is 0.649. The van der Waals surface area contributed by atoms with Gasteiger partial charge >= 0.3 is 6.18 Å². The van der Waals surface area contributed by atoms with Gasteiger partial charge in [0.15, 0.2) is 0 Å². The summed E-state index contributed by atoms with van der Waals surface area (Å²) in [6, 6.07) is 6.97. The number of carbonyl (C=O) groups excluding carboxylic acids is 1. The second-order valence-corrected chi connectivity index (χ2v) is 7.72. The normalized spacial score (nSPS) is 19.3. The zero-order valence-corrected chi connectivity index (χ0v) is 15.3. The Morgan fingerprint density at radius 2 is 1.96 bits per heavy atom. The van der Waals surface area contributed by atoms with E-state index < -0.39 is 23.6 Å². The average Bonchev–Trinajstić information content (AvgIpc) is 3.09. The zero-order valence-electron chi connectivity index (χ0n) is 13.8. The third-order valence-corrected chi connectivity index (χ3v) is 6.08. The summed E-state index contributed by atoms with van der Waals surface area (Å²) in [4.78, 5) is 16.0. The highest BCUT2D eigenvalue weighted by molar-refractivity contribution is 7.99. The fourth-order valence-electron chi connectivity index (χ4n) is 3.35. The highest BCUT2D eigenvalue weighted by Crippen LogP contribution is 2.44. The van der Waals surface area contributed by atoms with E-state index in [4.69, 9.17) is 11.6 Å². The molecule has 0 bridgehead atoms. The molecule has 9 heteroatoms. The smallest absolute Gasteiger partial charge is 0.348 e. The number of amides is 1. The first-order valence-electron chi connectivity index (χ1n) is 8.07. The Balaban J connectivity index is 1.84. The fourth-order valence-corrected chi connectivity index (χ4v) is 4.74. The van der Waals surface area contributed by atoms with Gasteiger partial charge in [-0.2, -0.15) is 13.2 Å². The highest BCUT2D eigenvalue weighted by atomic mass is 35.5. The molecule has 1 fully saturated rings. The number of hydrogen-bond donors (Lipinski definition) is 0. The zero-order chi connectivity index (χ0) is 19.3. The maximum atomic E-state index is 14.2. The first kappa shape index (κ1) is 18.4. The Morgan fingerprint density at radius 1 is 1.19 bits per heavy atom. The molecule has 2 aromatic rings. The van der Waals surface area contributed by atoms with E-state index in [1.807, 2.05) is 0 Å². The predicted octanol–water partition coefficient (Wildman–Crippen LogP) is 4.92. The molecular formula is C18H13ClF4N2OS. The van der Waals surface area contributed by atoms with E-state index in [2.05, 4.69) is 0 Å². The number of nitrogens with zero attached hydrogens (tertiary/aromatic N) is 2. The standard InChI is InChI=1S/C18H13ClF4N2OS/c19-12-2-1-3-13(20)11(12)7-24-15-6-10(18(21,22)23)4-5-14(15)25-9-27-8-16(25)17(24)26/h1-6,16H,7-9H2. The first-order valence-corrected chi connectivity index (χ1v) is 9.60. The lowest BCUT2D eigenvalue weighted by atomic mass is 10.0. The van der Waals surface area contributed by atoms with E-state index in [0.29, 0.717) is 17.3 Å². The van der Waals surface area contributed by atoms with Crippen LogP contribution >= 0.6 is 23.4 Å². The molecule has 0 aliphatic carbocycles. The lowest BCUT2D eigenvalue weighted by molar-refractivity contribution is -0.137. The van der Waals surface area contributed by atoms with Crippen LogP contribution in [0.3, 0.4) is 0 Å². The molecule has 2 heterocycles. The second kappa shape index (κ2) is 6.60. The van der Waals surface area contributed by atoms with Gasteiger partial charge in [-0.1, -0.05) is 17.7 Å². The number of hydrogen-bond acceptors (Lipinski definition) is 3. The summed E-state index contributed by atoms with van der Waals surface area (Å²) in [6.07, 6.45) is -4.55. The molecule has 1 amide bonds. The van der Waals surface area contributed by atoms with Crippen molar-refractivity contribution in [2.45, 2.75) is 18.8 Å². The molecule has 4 rings (SSSR count). The van der Waals surface area contributed by atoms with Gasteiger partial charge in [-0.25, -0.2) is 4.39 Å². The molecule has 2 aliphatic rings. The molecule has 0 saturated carbocycles. The van der Waals surface area contributed by atoms with Crippen molar-refractivity contribution in [3.05, 3.63) is 58.4 Å². The molecule has 0 aromatic heterocycles. The van der Waals surface area contributed by atoms with Gasteiger partial charge in [-0.05, 0) is 30.3 Å². The third kappa shape index (κ3) is 3.14. The van der Waals surface area contributed by atoms with E-state index in [0.717, 1.165) is 12.1 Å². The summed E-state index contributed by atoms with van der Waals surface area (Å²) in [7, 11) is 0. The van der Waals surface area contributed by atoms with Gasteiger partial charge < -0.3 is 9.80 Å². The summed E-state index contributed by atoms with van der Waals surface area (Å²) in [5.74, 6) is 0.0855. The van der Waals surface area contributed by atoms with E-state index in [1.165, 1.54) is 40.9 Å². The summed E-state index contributed by atoms with van der Waals surface area (Å²) in [5.41, 5.74) is -0.128. The lowest BCUT2D eigenvalue weighted by Crippen LogP contribution is -2.51. The van der Waals surface area contributed by atoms with Crippen molar-refractivity contribution in [1.29, 1.82) is 0 Å². The van der Waals surface area contributed by atoms with Crippen LogP contribution in [0.4, 0.5) is 28.9 Å². The summed E-state index contributed by atoms with van der Waals surface area (Å²) in [5, 5.41) is 0.125. The Labute approximate surface area is 161 Å². The number of carbonyl (C=O) groups is 1. The molecule has 1 saturated heterocycles. The number of halogens is 5. The monoisotopic (exact) mass is 416 g/mol. The Bertz CT molecular complexity index is 900. The second-order valence-electron chi connectivity index (χ2n) is 6.31. The molecule has 2 aromatic carbocycles. The molecule has 1 unspecified atom stereocenters. The molecule has 3 nitrogen and oxygen atoms in total. The van der Waals surface area contributed by atoms with Gasteiger partial charge in [-0.3, -0.25) is 4.79 Å². The number of thioether (sulfide) groups is 1. The number of alkyl halides is 3. The summed E-state index contributed by atoms with van der Waals surface area (Å²) >= 11 is 7.59. The summed E-state index contributed by atoms with van der Waals surface area (Å²) < 4.78 is 53.8. The SMILES string of the molecule is O=C1C2CSCN2c2ccc(C(F)(F)F)cc2N1Cc1c(F)cccc1Cl. The van der Waals surface area contributed by atoms with Crippen LogP contribution in [0.1, 0.15) is 11.1 Å². The van der Waals surface area contributed by atoms with Crippen LogP contribution in [0.2, 0.25) is 5.02 Å². The van der Waals surface area contributed by atoms with E-state index in [-0.39, 0.29) is 28.7 Å². The molecule has 142 valence electrons. The van der Waals surface area contributed by atoms with Crippen molar-refractivity contribution in [2.75, 3.05) is 21.4 Å². The lowest BCUT2D eigenvalue weighted by Gasteiger charge is -2.39. The van der Waals surface area contributed by atoms with Crippen LogP contribution in [0.15, 0.2) is 36.4 Å². The van der Waals surface area contributed by atoms with Crippen molar-refractivity contribution in [2.24, 2.45) is 0 Å². The largest absolute Gasteiger partial charge is 0.416 e. The molecule has 0 spiro atoms. The van der Waals surface area contributed by atoms with Gasteiger partial charge in [0.2, 0.25) is 0 Å². The van der Waals surface area contributed by atoms with Crippen LogP contribution in [0.25, 0.3) is 0 Å². The van der Waals surface area contributed by atoms with Crippen molar-refractivity contribution >= 4 is 40.6 Å². The maximum Gasteiger partial charge on any atom is 0.416 e. The van der Waals surface area contributed by atoms with Crippen molar-refractivity contribution < 1.29 is 22.4 Å². The van der Waals surface area contributed by atoms with Crippen molar-refractivity contribution in [3.63, 3.8) is 0 Å². The van der Waals surface area contributed by atoms with Gasteiger partial charge in [0.25, 0.3) is 5.91 Å². The summed E-state index contributed by atoms with van der Waals surface area (Å²) in [6.45, 7) is -0.229. The van der Waals surface area contributed by atoms with Gasteiger partial charge in [0.1, 0.15) is 11.9 Å². The number of benzene rings is 2. The fraction of sp³-hybridized carbons (Fsp3) is 0.278. The van der Waals surface area contributed by atoms with Gasteiger partial charge in [0, 0.05) is 16.3 Å².